The average molecular weight is 287 g/mol. The first-order valence-corrected chi connectivity index (χ1v) is 7.38. The van der Waals surface area contributed by atoms with Crippen LogP contribution in [0.5, 0.6) is 0 Å². The van der Waals surface area contributed by atoms with Crippen molar-refractivity contribution in [3.63, 3.8) is 0 Å². The summed E-state index contributed by atoms with van der Waals surface area (Å²) >= 11 is 1.65. The van der Waals surface area contributed by atoms with Crippen molar-refractivity contribution in [3.8, 4) is 11.1 Å². The fourth-order valence-electron chi connectivity index (χ4n) is 2.29. The highest BCUT2D eigenvalue weighted by atomic mass is 32.1. The van der Waals surface area contributed by atoms with E-state index in [0.717, 1.165) is 27.7 Å². The zero-order valence-corrected chi connectivity index (χ0v) is 12.3. The highest BCUT2D eigenvalue weighted by Crippen LogP contribution is 2.31. The molecular formula is C15H17N3OS. The molecule has 0 radical (unpaired) electrons. The number of thiophene rings is 1. The number of benzene rings is 1. The Hall–Kier alpha value is -1.85. The predicted octanol–water partition coefficient (Wildman–Crippen LogP) is 3.12. The summed E-state index contributed by atoms with van der Waals surface area (Å²) in [4.78, 5) is 0. The van der Waals surface area contributed by atoms with Crippen LogP contribution in [0.2, 0.25) is 0 Å². The van der Waals surface area contributed by atoms with E-state index in [9.17, 15) is 5.11 Å². The third kappa shape index (κ3) is 2.55. The van der Waals surface area contributed by atoms with Gasteiger partial charge >= 0.3 is 0 Å². The van der Waals surface area contributed by atoms with Crippen molar-refractivity contribution in [2.75, 3.05) is 5.73 Å². The molecule has 0 aliphatic heterocycles. The van der Waals surface area contributed by atoms with Gasteiger partial charge in [0.05, 0.1) is 17.7 Å². The molecule has 3 N–H and O–H groups in total. The first-order valence-electron chi connectivity index (χ1n) is 6.44. The van der Waals surface area contributed by atoms with Crippen LogP contribution in [-0.4, -0.2) is 20.5 Å². The van der Waals surface area contributed by atoms with E-state index in [1.807, 2.05) is 23.7 Å². The molecule has 0 atom stereocenters. The molecule has 2 aromatic heterocycles. The molecule has 0 aliphatic rings. The lowest BCUT2D eigenvalue weighted by molar-refractivity contribution is 0.0580. The number of rotatable bonds is 3. The van der Waals surface area contributed by atoms with Crippen LogP contribution in [0.4, 0.5) is 5.69 Å². The summed E-state index contributed by atoms with van der Waals surface area (Å²) in [6, 6.07) is 6.00. The Balaban J connectivity index is 2.07. The fraction of sp³-hybridized carbons (Fsp3) is 0.267. The molecule has 0 spiro atoms. The smallest absolute Gasteiger partial charge is 0.0931 e. The number of nitrogen functional groups attached to an aromatic ring is 1. The van der Waals surface area contributed by atoms with Gasteiger partial charge in [0.1, 0.15) is 0 Å². The van der Waals surface area contributed by atoms with Crippen molar-refractivity contribution < 1.29 is 5.11 Å². The van der Waals surface area contributed by atoms with E-state index < -0.39 is 5.60 Å². The third-order valence-corrected chi connectivity index (χ3v) is 3.79. The van der Waals surface area contributed by atoms with Crippen molar-refractivity contribution in [2.45, 2.75) is 26.0 Å². The molecule has 2 heterocycles. The summed E-state index contributed by atoms with van der Waals surface area (Å²) in [7, 11) is 0. The van der Waals surface area contributed by atoms with Gasteiger partial charge in [-0.15, -0.1) is 0 Å². The fourth-order valence-corrected chi connectivity index (χ4v) is 2.94. The topological polar surface area (TPSA) is 64.1 Å². The van der Waals surface area contributed by atoms with E-state index in [-0.39, 0.29) is 0 Å². The van der Waals surface area contributed by atoms with Crippen molar-refractivity contribution in [2.24, 2.45) is 0 Å². The van der Waals surface area contributed by atoms with Gasteiger partial charge < -0.3 is 10.8 Å². The van der Waals surface area contributed by atoms with Gasteiger partial charge in [-0.3, -0.25) is 4.68 Å². The van der Waals surface area contributed by atoms with Crippen LogP contribution in [0, 0.1) is 0 Å². The van der Waals surface area contributed by atoms with Gasteiger partial charge in [0.2, 0.25) is 0 Å². The van der Waals surface area contributed by atoms with Gasteiger partial charge in [0.15, 0.2) is 0 Å². The molecule has 1 aromatic carbocycles. The zero-order valence-electron chi connectivity index (χ0n) is 11.5. The summed E-state index contributed by atoms with van der Waals surface area (Å²) in [6.45, 7) is 3.99. The first-order chi connectivity index (χ1) is 9.42. The van der Waals surface area contributed by atoms with Crippen LogP contribution in [0.25, 0.3) is 22.0 Å². The number of fused-ring (bicyclic) bond motifs is 1. The summed E-state index contributed by atoms with van der Waals surface area (Å²) < 4.78 is 1.77. The van der Waals surface area contributed by atoms with Crippen LogP contribution >= 0.6 is 11.3 Å². The maximum absolute atomic E-state index is 9.87. The Morgan fingerprint density at radius 1 is 1.40 bits per heavy atom. The average Bonchev–Trinajstić information content (AvgIpc) is 2.93. The van der Waals surface area contributed by atoms with Crippen molar-refractivity contribution >= 4 is 27.9 Å². The molecule has 0 saturated carbocycles. The Morgan fingerprint density at radius 3 is 2.85 bits per heavy atom. The van der Waals surface area contributed by atoms with Crippen LogP contribution in [0.1, 0.15) is 13.8 Å². The highest BCUT2D eigenvalue weighted by molar-refractivity contribution is 7.08. The summed E-state index contributed by atoms with van der Waals surface area (Å²) in [5, 5.41) is 19.5. The summed E-state index contributed by atoms with van der Waals surface area (Å²) in [5.41, 5.74) is 9.11. The van der Waals surface area contributed by atoms with E-state index in [0.29, 0.717) is 6.54 Å². The molecule has 0 bridgehead atoms. The van der Waals surface area contributed by atoms with E-state index >= 15 is 0 Å². The van der Waals surface area contributed by atoms with Gasteiger partial charge in [0, 0.05) is 22.8 Å². The van der Waals surface area contributed by atoms with Crippen LogP contribution in [-0.2, 0) is 6.54 Å². The maximum Gasteiger partial charge on any atom is 0.0931 e. The number of nitrogens with two attached hydrogens (primary N) is 1. The lowest BCUT2D eigenvalue weighted by atomic mass is 10.1. The number of hydrogen-bond acceptors (Lipinski definition) is 4. The SMILES string of the molecule is CC(C)(O)Cn1cc2cc(N)c(-c3ccsc3)cc2n1. The predicted molar refractivity (Wildman–Crippen MR) is 83.8 cm³/mol. The first kappa shape index (κ1) is 13.1. The molecular weight excluding hydrogens is 270 g/mol. The quantitative estimate of drug-likeness (QED) is 0.727. The molecule has 0 amide bonds. The Bertz CT molecular complexity index is 738. The van der Waals surface area contributed by atoms with E-state index in [2.05, 4.69) is 16.5 Å². The number of aromatic nitrogens is 2. The molecule has 104 valence electrons. The monoisotopic (exact) mass is 287 g/mol. The van der Waals surface area contributed by atoms with Crippen LogP contribution in [0.3, 0.4) is 0 Å². The molecule has 4 nitrogen and oxygen atoms in total. The molecule has 0 unspecified atom stereocenters. The highest BCUT2D eigenvalue weighted by Gasteiger charge is 2.15. The minimum Gasteiger partial charge on any atom is -0.398 e. The van der Waals surface area contributed by atoms with Gasteiger partial charge in [-0.25, -0.2) is 0 Å². The van der Waals surface area contributed by atoms with Crippen molar-refractivity contribution in [1.29, 1.82) is 0 Å². The standard InChI is InChI=1S/C15H17N3OS/c1-15(2,19)9-18-7-11-5-13(16)12(6-14(11)17-18)10-3-4-20-8-10/h3-8,19H,9,16H2,1-2H3. The normalized spacial score (nSPS) is 12.2. The van der Waals surface area contributed by atoms with Gasteiger partial charge in [-0.05, 0) is 48.4 Å². The van der Waals surface area contributed by atoms with Crippen LogP contribution in [0.15, 0.2) is 35.2 Å². The molecule has 3 aromatic rings. The number of anilines is 1. The minimum absolute atomic E-state index is 0.454. The molecule has 0 saturated heterocycles. The Labute approximate surface area is 121 Å². The number of nitrogens with zero attached hydrogens (tertiary/aromatic N) is 2. The lowest BCUT2D eigenvalue weighted by Gasteiger charge is -2.16. The largest absolute Gasteiger partial charge is 0.398 e. The van der Waals surface area contributed by atoms with Gasteiger partial charge in [-0.2, -0.15) is 16.4 Å². The number of aliphatic hydroxyl groups is 1. The molecule has 20 heavy (non-hydrogen) atoms. The summed E-state index contributed by atoms with van der Waals surface area (Å²) in [5.74, 6) is 0. The Kier molecular flexibility index (Phi) is 3.03. The van der Waals surface area contributed by atoms with E-state index in [4.69, 9.17) is 5.73 Å². The maximum atomic E-state index is 9.87. The van der Waals surface area contributed by atoms with Crippen molar-refractivity contribution in [3.05, 3.63) is 35.2 Å². The molecule has 0 fully saturated rings. The lowest BCUT2D eigenvalue weighted by Crippen LogP contribution is -2.26. The third-order valence-electron chi connectivity index (χ3n) is 3.10. The molecule has 5 heteroatoms. The second-order valence-corrected chi connectivity index (χ2v) is 6.43. The molecule has 3 rings (SSSR count). The second-order valence-electron chi connectivity index (χ2n) is 5.65. The Morgan fingerprint density at radius 2 is 2.20 bits per heavy atom. The minimum atomic E-state index is -0.788. The van der Waals surface area contributed by atoms with Crippen LogP contribution < -0.4 is 5.73 Å². The zero-order chi connectivity index (χ0) is 14.3. The number of hydrogen-bond donors (Lipinski definition) is 2. The second kappa shape index (κ2) is 4.61. The van der Waals surface area contributed by atoms with Gasteiger partial charge in [-0.1, -0.05) is 0 Å². The van der Waals surface area contributed by atoms with E-state index in [1.54, 1.807) is 29.9 Å². The summed E-state index contributed by atoms with van der Waals surface area (Å²) in [6.07, 6.45) is 1.92. The van der Waals surface area contributed by atoms with Gasteiger partial charge in [0.25, 0.3) is 0 Å². The molecule has 0 aliphatic carbocycles. The van der Waals surface area contributed by atoms with Crippen molar-refractivity contribution in [1.82, 2.24) is 9.78 Å². The van der Waals surface area contributed by atoms with E-state index in [1.165, 1.54) is 0 Å².